The molecular weight excluding hydrogens is 330 g/mol. The monoisotopic (exact) mass is 361 g/mol. The second-order valence-corrected chi connectivity index (χ2v) is 7.57. The molecule has 0 saturated carbocycles. The Hall–Kier alpha value is -1.72. The quantitative estimate of drug-likeness (QED) is 0.685. The highest BCUT2D eigenvalue weighted by Crippen LogP contribution is 2.45. The summed E-state index contributed by atoms with van der Waals surface area (Å²) in [7, 11) is 0. The van der Waals surface area contributed by atoms with Gasteiger partial charge in [-0.25, -0.2) is 0 Å². The van der Waals surface area contributed by atoms with Gasteiger partial charge in [0.2, 0.25) is 0 Å². The number of allylic oxidation sites excluding steroid dienone is 2. The molecule has 0 bridgehead atoms. The number of pyridine rings is 1. The Balaban J connectivity index is 2.16. The summed E-state index contributed by atoms with van der Waals surface area (Å²) in [5.41, 5.74) is 1.06. The van der Waals surface area contributed by atoms with Crippen LogP contribution in [0.4, 0.5) is 0 Å². The number of nitrogens with zero attached hydrogens (tertiary/aromatic N) is 1. The Morgan fingerprint density at radius 1 is 1.35 bits per heavy atom. The zero-order valence-electron chi connectivity index (χ0n) is 16.2. The Labute approximate surface area is 156 Å². The van der Waals surface area contributed by atoms with Gasteiger partial charge in [-0.1, -0.05) is 45.9 Å². The van der Waals surface area contributed by atoms with Gasteiger partial charge in [-0.15, -0.1) is 0 Å². The van der Waals surface area contributed by atoms with Crippen molar-refractivity contribution in [2.75, 3.05) is 6.61 Å². The van der Waals surface area contributed by atoms with Crippen LogP contribution in [0.1, 0.15) is 58.6 Å². The van der Waals surface area contributed by atoms with Crippen LogP contribution in [0.25, 0.3) is 0 Å². The summed E-state index contributed by atoms with van der Waals surface area (Å²) in [5, 5.41) is 8.73. The van der Waals surface area contributed by atoms with Crippen molar-refractivity contribution in [2.45, 2.75) is 58.8 Å². The molecule has 0 aliphatic carbocycles. The third kappa shape index (κ3) is 4.92. The summed E-state index contributed by atoms with van der Waals surface area (Å²) < 4.78 is 12.9. The number of carboxylic acid groups (broad SMARTS) is 1. The van der Waals surface area contributed by atoms with E-state index in [1.165, 1.54) is 0 Å². The molecule has 1 N–H and O–H groups in total. The van der Waals surface area contributed by atoms with Gasteiger partial charge in [0.1, 0.15) is 0 Å². The number of aromatic nitrogens is 1. The molecule has 2 rings (SSSR count). The van der Waals surface area contributed by atoms with Crippen molar-refractivity contribution in [1.29, 1.82) is 0 Å². The number of hydrogen-bond donors (Lipinski definition) is 1. The van der Waals surface area contributed by atoms with Gasteiger partial charge in [0.15, 0.2) is 5.79 Å². The molecule has 1 aromatic rings. The van der Waals surface area contributed by atoms with Crippen LogP contribution in [0.3, 0.4) is 0 Å². The summed E-state index contributed by atoms with van der Waals surface area (Å²) in [6.07, 6.45) is 9.00. The predicted octanol–water partition coefficient (Wildman–Crippen LogP) is 4.61. The zero-order chi connectivity index (χ0) is 19.2. The summed E-state index contributed by atoms with van der Waals surface area (Å²) >= 11 is 0. The molecule has 2 atom stereocenters. The molecule has 0 amide bonds. The molecule has 5 nitrogen and oxygen atoms in total. The minimum atomic E-state index is -0.772. The highest BCUT2D eigenvalue weighted by molar-refractivity contribution is 5.66. The molecule has 1 aliphatic heterocycles. The Morgan fingerprint density at radius 3 is 2.65 bits per heavy atom. The lowest BCUT2D eigenvalue weighted by Gasteiger charge is -2.49. The normalized spacial score (nSPS) is 23.0. The van der Waals surface area contributed by atoms with Crippen LogP contribution in [0.15, 0.2) is 36.7 Å². The first-order valence-corrected chi connectivity index (χ1v) is 9.45. The van der Waals surface area contributed by atoms with Crippen LogP contribution in [0.5, 0.6) is 0 Å². The minimum absolute atomic E-state index is 0.0913. The standard InChI is InChI=1S/C21H31NO4/c1-15(2)21(16(3)4)25-14-18(9-6-5-7-11-19(23)24)20(26-21)17-10-8-12-22-13-17/h5-6,8,10,12-13,15-16,18,20H,7,9,11,14H2,1-4H3,(H,23,24)/t18-,20-/m1/s1. The summed E-state index contributed by atoms with van der Waals surface area (Å²) in [6, 6.07) is 3.98. The van der Waals surface area contributed by atoms with Crippen molar-refractivity contribution in [2.24, 2.45) is 17.8 Å². The SMILES string of the molecule is CC(C)C1(C(C)C)OC[C@@H](CC=CCCC(=O)O)[C@@H](c2cccnc2)O1. The number of rotatable bonds is 8. The fraction of sp³-hybridized carbons (Fsp3) is 0.619. The van der Waals surface area contributed by atoms with Crippen LogP contribution in [0, 0.1) is 17.8 Å². The van der Waals surface area contributed by atoms with E-state index < -0.39 is 11.8 Å². The van der Waals surface area contributed by atoms with E-state index in [4.69, 9.17) is 14.6 Å². The van der Waals surface area contributed by atoms with Gasteiger partial charge in [-0.2, -0.15) is 0 Å². The average Bonchev–Trinajstić information content (AvgIpc) is 2.61. The molecular formula is C21H31NO4. The number of carboxylic acids is 1. The molecule has 26 heavy (non-hydrogen) atoms. The van der Waals surface area contributed by atoms with Crippen molar-refractivity contribution in [3.05, 3.63) is 42.2 Å². The maximum atomic E-state index is 10.6. The Morgan fingerprint density at radius 2 is 2.08 bits per heavy atom. The van der Waals surface area contributed by atoms with Crippen molar-refractivity contribution >= 4 is 5.97 Å². The number of aliphatic carboxylic acids is 1. The second-order valence-electron chi connectivity index (χ2n) is 7.57. The summed E-state index contributed by atoms with van der Waals surface area (Å²) in [4.78, 5) is 14.9. The first-order valence-electron chi connectivity index (χ1n) is 9.45. The third-order valence-corrected chi connectivity index (χ3v) is 5.02. The lowest BCUT2D eigenvalue weighted by atomic mass is 9.86. The third-order valence-electron chi connectivity index (χ3n) is 5.02. The molecule has 2 heterocycles. The highest BCUT2D eigenvalue weighted by Gasteiger charge is 2.47. The van der Waals surface area contributed by atoms with E-state index in [2.05, 4.69) is 38.7 Å². The molecule has 0 radical (unpaired) electrons. The summed E-state index contributed by atoms with van der Waals surface area (Å²) in [5.74, 6) is -0.747. The molecule has 0 spiro atoms. The van der Waals surface area contributed by atoms with Gasteiger partial charge in [0.25, 0.3) is 0 Å². The molecule has 0 unspecified atom stereocenters. The van der Waals surface area contributed by atoms with E-state index >= 15 is 0 Å². The zero-order valence-corrected chi connectivity index (χ0v) is 16.2. The van der Waals surface area contributed by atoms with E-state index in [1.807, 2.05) is 24.4 Å². The minimum Gasteiger partial charge on any atom is -0.481 e. The Kier molecular flexibility index (Phi) is 7.35. The largest absolute Gasteiger partial charge is 0.481 e. The number of hydrogen-bond acceptors (Lipinski definition) is 4. The van der Waals surface area contributed by atoms with Crippen LogP contribution >= 0.6 is 0 Å². The average molecular weight is 361 g/mol. The van der Waals surface area contributed by atoms with Crippen LogP contribution in [0.2, 0.25) is 0 Å². The number of ether oxygens (including phenoxy) is 2. The van der Waals surface area contributed by atoms with Crippen LogP contribution in [-0.2, 0) is 14.3 Å². The molecule has 144 valence electrons. The summed E-state index contributed by atoms with van der Waals surface area (Å²) in [6.45, 7) is 9.14. The first kappa shape index (κ1) is 20.6. The fourth-order valence-electron chi connectivity index (χ4n) is 3.60. The van der Waals surface area contributed by atoms with E-state index in [0.29, 0.717) is 13.0 Å². The topological polar surface area (TPSA) is 68.7 Å². The van der Waals surface area contributed by atoms with E-state index in [1.54, 1.807) is 6.20 Å². The first-order chi connectivity index (χ1) is 12.4. The van der Waals surface area contributed by atoms with Crippen molar-refractivity contribution < 1.29 is 19.4 Å². The van der Waals surface area contributed by atoms with Crippen LogP contribution < -0.4 is 0 Å². The maximum absolute atomic E-state index is 10.6. The Bertz CT molecular complexity index is 589. The van der Waals surface area contributed by atoms with E-state index in [0.717, 1.165) is 12.0 Å². The van der Waals surface area contributed by atoms with Crippen molar-refractivity contribution in [1.82, 2.24) is 4.98 Å². The second kappa shape index (κ2) is 9.28. The highest BCUT2D eigenvalue weighted by atomic mass is 16.7. The molecule has 1 fully saturated rings. The van der Waals surface area contributed by atoms with Gasteiger partial charge >= 0.3 is 5.97 Å². The van der Waals surface area contributed by atoms with E-state index in [-0.39, 0.29) is 30.3 Å². The van der Waals surface area contributed by atoms with Gasteiger partial charge in [-0.3, -0.25) is 9.78 Å². The van der Waals surface area contributed by atoms with Gasteiger partial charge in [-0.05, 0) is 24.5 Å². The number of carbonyl (C=O) groups is 1. The van der Waals surface area contributed by atoms with Gasteiger partial charge in [0.05, 0.1) is 12.7 Å². The molecule has 1 aromatic heterocycles. The molecule has 0 aromatic carbocycles. The lowest BCUT2D eigenvalue weighted by Crippen LogP contribution is -2.52. The van der Waals surface area contributed by atoms with Crippen molar-refractivity contribution in [3.63, 3.8) is 0 Å². The van der Waals surface area contributed by atoms with Crippen molar-refractivity contribution in [3.8, 4) is 0 Å². The van der Waals surface area contributed by atoms with Gasteiger partial charge < -0.3 is 14.6 Å². The maximum Gasteiger partial charge on any atom is 0.303 e. The van der Waals surface area contributed by atoms with Crippen LogP contribution in [-0.4, -0.2) is 28.5 Å². The van der Waals surface area contributed by atoms with Gasteiger partial charge in [0, 0.05) is 36.6 Å². The molecule has 1 aliphatic rings. The molecule has 5 heteroatoms. The van der Waals surface area contributed by atoms with E-state index in [9.17, 15) is 4.79 Å². The fourth-order valence-corrected chi connectivity index (χ4v) is 3.60. The predicted molar refractivity (Wildman–Crippen MR) is 101 cm³/mol. The molecule has 1 saturated heterocycles. The smallest absolute Gasteiger partial charge is 0.303 e. The lowest BCUT2D eigenvalue weighted by molar-refractivity contribution is -0.351.